The number of hydrogen-bond donors (Lipinski definition) is 6. The van der Waals surface area contributed by atoms with Crippen molar-refractivity contribution in [2.24, 2.45) is 10.9 Å². The Morgan fingerprint density at radius 3 is 2.62 bits per heavy atom. The summed E-state index contributed by atoms with van der Waals surface area (Å²) in [5.41, 5.74) is 8.93. The molecule has 210 valence electrons. The van der Waals surface area contributed by atoms with Crippen LogP contribution in [-0.2, 0) is 47.4 Å². The van der Waals surface area contributed by atoms with Crippen molar-refractivity contribution in [1.82, 2.24) is 34.9 Å². The second-order valence-corrected chi connectivity index (χ2v) is 10.6. The number of carbonyl (C=O) groups is 4. The van der Waals surface area contributed by atoms with Crippen LogP contribution < -0.4 is 22.1 Å². The van der Waals surface area contributed by atoms with E-state index < -0.39 is 63.9 Å². The maximum Gasteiger partial charge on any atom is 0.362 e. The number of nitrogens with zero attached hydrogens (tertiary/aromatic N) is 6. The molecule has 1 saturated heterocycles. The van der Waals surface area contributed by atoms with E-state index in [0.717, 1.165) is 16.1 Å². The Morgan fingerprint density at radius 1 is 1.33 bits per heavy atom. The molecule has 2 fully saturated rings. The highest BCUT2D eigenvalue weighted by molar-refractivity contribution is 7.84. The number of oxime groups is 1. The number of nitrogens with one attached hydrogen (secondary N) is 2. The number of anilines is 1. The third-order valence-electron chi connectivity index (χ3n) is 5.68. The summed E-state index contributed by atoms with van der Waals surface area (Å²) in [5, 5.41) is 27.2. The molecule has 4 rings (SSSR count). The van der Waals surface area contributed by atoms with Gasteiger partial charge in [0.15, 0.2) is 10.8 Å². The van der Waals surface area contributed by atoms with E-state index in [1.54, 1.807) is 0 Å². The number of carboxylic acids is 1. The molecule has 0 bridgehead atoms. The standard InChI is InChI=1S/C18H22N10O9S2/c19-3-11(29)21-4-8-5-22-27(25-8)6-10-13(15(31)28(10)39(34,35)36)24-14(30)12(9-7-38-17(20)23-9)26-37-18(1-2-18)16(32)33/h5,7,10,13H,1-4,6,19H2,(H2,20,23)(H,21,29)(H,24,30)(H,32,33)(H,34,35,36)/t10-,13-/m0/s1. The first-order chi connectivity index (χ1) is 18.3. The van der Waals surface area contributed by atoms with Crippen molar-refractivity contribution in [2.75, 3.05) is 12.3 Å². The average Bonchev–Trinajstić information content (AvgIpc) is 3.33. The number of aliphatic carboxylic acids is 1. The first-order valence-electron chi connectivity index (χ1n) is 11.0. The molecular formula is C18H22N10O9S2. The van der Waals surface area contributed by atoms with Crippen LogP contribution in [0.5, 0.6) is 0 Å². The van der Waals surface area contributed by atoms with Crippen LogP contribution in [-0.4, -0.2) is 96.0 Å². The minimum Gasteiger partial charge on any atom is -0.478 e. The number of nitrogens with two attached hydrogens (primary N) is 2. The van der Waals surface area contributed by atoms with E-state index in [0.29, 0.717) is 0 Å². The Bertz CT molecular complexity index is 1450. The van der Waals surface area contributed by atoms with Crippen molar-refractivity contribution in [2.45, 2.75) is 43.6 Å². The molecule has 2 aromatic rings. The normalized spacial score (nSPS) is 20.2. The third kappa shape index (κ3) is 5.94. The third-order valence-corrected chi connectivity index (χ3v) is 7.30. The van der Waals surface area contributed by atoms with Gasteiger partial charge < -0.3 is 32.0 Å². The highest BCUT2D eigenvalue weighted by Crippen LogP contribution is 2.40. The molecule has 0 aromatic carbocycles. The zero-order valence-electron chi connectivity index (χ0n) is 19.8. The molecule has 2 aromatic heterocycles. The molecule has 19 nitrogen and oxygen atoms in total. The van der Waals surface area contributed by atoms with Crippen molar-refractivity contribution in [3.63, 3.8) is 0 Å². The van der Waals surface area contributed by atoms with Gasteiger partial charge >= 0.3 is 16.3 Å². The maximum atomic E-state index is 13.1. The number of aromatic nitrogens is 4. The molecular weight excluding hydrogens is 564 g/mol. The Hall–Kier alpha value is -4.21. The first-order valence-corrected chi connectivity index (χ1v) is 13.3. The number of thiazole rings is 1. The van der Waals surface area contributed by atoms with Gasteiger partial charge in [-0.05, 0) is 0 Å². The quantitative estimate of drug-likeness (QED) is 0.0607. The highest BCUT2D eigenvalue weighted by Gasteiger charge is 2.56. The van der Waals surface area contributed by atoms with Crippen LogP contribution in [0.2, 0.25) is 0 Å². The van der Waals surface area contributed by atoms with Gasteiger partial charge in [0.25, 0.3) is 11.8 Å². The fourth-order valence-electron chi connectivity index (χ4n) is 3.47. The monoisotopic (exact) mass is 586 g/mol. The molecule has 0 radical (unpaired) electrons. The second kappa shape index (κ2) is 10.5. The lowest BCUT2D eigenvalue weighted by Crippen LogP contribution is -2.73. The van der Waals surface area contributed by atoms with Crippen molar-refractivity contribution in [3.05, 3.63) is 23.0 Å². The van der Waals surface area contributed by atoms with Gasteiger partial charge in [0.2, 0.25) is 11.5 Å². The topological polar surface area (TPSA) is 287 Å². The molecule has 8 N–H and O–H groups in total. The summed E-state index contributed by atoms with van der Waals surface area (Å²) >= 11 is 0.953. The molecule has 39 heavy (non-hydrogen) atoms. The summed E-state index contributed by atoms with van der Waals surface area (Å²) in [6.07, 6.45) is 1.58. The molecule has 0 spiro atoms. The largest absolute Gasteiger partial charge is 0.478 e. The van der Waals surface area contributed by atoms with Crippen molar-refractivity contribution in [3.8, 4) is 0 Å². The van der Waals surface area contributed by atoms with E-state index >= 15 is 0 Å². The summed E-state index contributed by atoms with van der Waals surface area (Å²) in [7, 11) is -5.03. The fourth-order valence-corrected chi connectivity index (χ4v) is 4.89. The number of hydrogen-bond acceptors (Lipinski definition) is 14. The average molecular weight is 587 g/mol. The molecule has 1 aliphatic carbocycles. The van der Waals surface area contributed by atoms with Gasteiger partial charge in [-0.25, -0.2) is 14.1 Å². The lowest BCUT2D eigenvalue weighted by molar-refractivity contribution is -0.153. The zero-order chi connectivity index (χ0) is 28.5. The van der Waals surface area contributed by atoms with Crippen LogP contribution in [0.15, 0.2) is 16.7 Å². The Kier molecular flexibility index (Phi) is 7.50. The van der Waals surface area contributed by atoms with Crippen LogP contribution in [0, 0.1) is 0 Å². The van der Waals surface area contributed by atoms with Crippen LogP contribution >= 0.6 is 11.3 Å². The predicted octanol–water partition coefficient (Wildman–Crippen LogP) is -3.57. The van der Waals surface area contributed by atoms with Crippen LogP contribution in [0.3, 0.4) is 0 Å². The minimum absolute atomic E-state index is 0.0315. The van der Waals surface area contributed by atoms with E-state index in [2.05, 4.69) is 31.0 Å². The van der Waals surface area contributed by atoms with E-state index in [9.17, 15) is 37.3 Å². The van der Waals surface area contributed by atoms with E-state index in [-0.39, 0.29) is 46.8 Å². The summed E-state index contributed by atoms with van der Waals surface area (Å²) in [5.74, 6) is -3.96. The van der Waals surface area contributed by atoms with Gasteiger partial charge in [-0.1, -0.05) is 5.16 Å². The molecule has 0 unspecified atom stereocenters. The highest BCUT2D eigenvalue weighted by atomic mass is 32.2. The number of β-lactam (4-membered cyclic amide) rings is 1. The summed E-state index contributed by atoms with van der Waals surface area (Å²) in [4.78, 5) is 58.5. The van der Waals surface area contributed by atoms with Gasteiger partial charge in [0.05, 0.1) is 25.8 Å². The molecule has 2 atom stereocenters. The predicted molar refractivity (Wildman–Crippen MR) is 129 cm³/mol. The van der Waals surface area contributed by atoms with E-state index in [1.165, 1.54) is 11.6 Å². The van der Waals surface area contributed by atoms with Gasteiger partial charge in [0.1, 0.15) is 23.5 Å². The molecule has 3 amide bonds. The molecule has 1 aliphatic heterocycles. The number of carboxylic acid groups (broad SMARTS) is 1. The molecule has 1 saturated carbocycles. The van der Waals surface area contributed by atoms with E-state index in [1.807, 2.05) is 0 Å². The lowest BCUT2D eigenvalue weighted by Gasteiger charge is -2.43. The second-order valence-electron chi connectivity index (χ2n) is 8.40. The van der Waals surface area contributed by atoms with E-state index in [4.69, 9.17) is 16.3 Å². The Balaban J connectivity index is 1.54. The number of carbonyl (C=O) groups excluding carboxylic acids is 3. The van der Waals surface area contributed by atoms with Crippen LogP contribution in [0.1, 0.15) is 24.2 Å². The van der Waals surface area contributed by atoms with Gasteiger partial charge in [-0.2, -0.15) is 23.4 Å². The number of rotatable bonds is 12. The van der Waals surface area contributed by atoms with Gasteiger partial charge in [-0.15, -0.1) is 11.3 Å². The number of nitrogen functional groups attached to an aromatic ring is 1. The first kappa shape index (κ1) is 27.8. The molecule has 2 aliphatic rings. The maximum absolute atomic E-state index is 13.1. The Labute approximate surface area is 223 Å². The van der Waals surface area contributed by atoms with Gasteiger partial charge in [0, 0.05) is 18.2 Å². The van der Waals surface area contributed by atoms with Crippen LogP contribution in [0.4, 0.5) is 5.13 Å². The smallest absolute Gasteiger partial charge is 0.362 e. The van der Waals surface area contributed by atoms with Crippen molar-refractivity contribution < 1.29 is 42.1 Å². The molecule has 21 heteroatoms. The van der Waals surface area contributed by atoms with Crippen molar-refractivity contribution >= 4 is 56.2 Å². The van der Waals surface area contributed by atoms with Crippen LogP contribution in [0.25, 0.3) is 0 Å². The van der Waals surface area contributed by atoms with Gasteiger partial charge in [-0.3, -0.25) is 18.9 Å². The number of amides is 3. The summed E-state index contributed by atoms with van der Waals surface area (Å²) < 4.78 is 33.3. The fraction of sp³-hybridized carbons (Fsp3) is 0.444. The molecule has 3 heterocycles. The minimum atomic E-state index is -5.03. The van der Waals surface area contributed by atoms with Crippen molar-refractivity contribution in [1.29, 1.82) is 0 Å². The summed E-state index contributed by atoms with van der Waals surface area (Å²) in [6, 6.07) is -2.87. The SMILES string of the molecule is NCC(=O)NCc1cnn(C[C@H]2[C@H](NC(=O)C(=NOC3(C(=O)O)CC3)c3csc(N)n3)C(=O)N2S(=O)(=O)O)n1. The zero-order valence-corrected chi connectivity index (χ0v) is 21.4. The lowest BCUT2D eigenvalue weighted by atomic mass is 9.98. The Morgan fingerprint density at radius 2 is 2.05 bits per heavy atom. The summed E-state index contributed by atoms with van der Waals surface area (Å²) in [6.45, 7) is -0.670.